The predicted octanol–water partition coefficient (Wildman–Crippen LogP) is 3.33. The normalized spacial score (nSPS) is 10.2. The molecule has 3 rings (SSSR count). The van der Waals surface area contributed by atoms with Gasteiger partial charge in [0.1, 0.15) is 11.6 Å². The minimum atomic E-state index is -0.279. The second-order valence-corrected chi connectivity index (χ2v) is 5.59. The van der Waals surface area contributed by atoms with E-state index in [2.05, 4.69) is 26.1 Å². The number of pyridine rings is 1. The highest BCUT2D eigenvalue weighted by Crippen LogP contribution is 2.17. The Kier molecular flexibility index (Phi) is 4.93. The molecule has 3 aromatic rings. The molecule has 0 radical (unpaired) electrons. The fourth-order valence-electron chi connectivity index (χ4n) is 2.24. The Hall–Kier alpha value is -3.68. The highest BCUT2D eigenvalue weighted by Gasteiger charge is 2.09. The highest BCUT2D eigenvalue weighted by atomic mass is 16.5. The number of amides is 2. The molecule has 8 heteroatoms. The monoisotopic (exact) mass is 351 g/mol. The van der Waals surface area contributed by atoms with Crippen molar-refractivity contribution >= 4 is 34.8 Å². The van der Waals surface area contributed by atoms with Crippen LogP contribution in [0.5, 0.6) is 0 Å². The first-order valence-electron chi connectivity index (χ1n) is 7.85. The number of hydrogen-bond donors (Lipinski definition) is 3. The molecule has 3 N–H and O–H groups in total. The zero-order valence-electron chi connectivity index (χ0n) is 14.2. The average Bonchev–Trinajstić information content (AvgIpc) is 3.01. The van der Waals surface area contributed by atoms with Gasteiger partial charge in [-0.15, -0.1) is 0 Å². The summed E-state index contributed by atoms with van der Waals surface area (Å²) in [5.74, 6) is 1.23. The van der Waals surface area contributed by atoms with E-state index in [1.54, 1.807) is 49.4 Å². The summed E-state index contributed by atoms with van der Waals surface area (Å²) < 4.78 is 4.98. The predicted molar refractivity (Wildman–Crippen MR) is 97.5 cm³/mol. The molecule has 0 unspecified atom stereocenters. The highest BCUT2D eigenvalue weighted by molar-refractivity contribution is 6.04. The summed E-state index contributed by atoms with van der Waals surface area (Å²) in [5.41, 5.74) is 1.71. The molecule has 26 heavy (non-hydrogen) atoms. The Morgan fingerprint density at radius 3 is 2.27 bits per heavy atom. The van der Waals surface area contributed by atoms with E-state index in [9.17, 15) is 9.59 Å². The van der Waals surface area contributed by atoms with E-state index >= 15 is 0 Å². The van der Waals surface area contributed by atoms with Gasteiger partial charge >= 0.3 is 0 Å². The molecule has 0 saturated carbocycles. The van der Waals surface area contributed by atoms with Crippen LogP contribution in [0.3, 0.4) is 0 Å². The lowest BCUT2D eigenvalue weighted by Gasteiger charge is -2.08. The van der Waals surface area contributed by atoms with E-state index in [1.165, 1.54) is 13.1 Å². The van der Waals surface area contributed by atoms with Crippen molar-refractivity contribution in [2.45, 2.75) is 13.8 Å². The number of hydrogen-bond acceptors (Lipinski definition) is 6. The maximum Gasteiger partial charge on any atom is 0.255 e. The Balaban J connectivity index is 1.67. The van der Waals surface area contributed by atoms with Crippen LogP contribution in [0.25, 0.3) is 0 Å². The zero-order valence-corrected chi connectivity index (χ0v) is 14.2. The third kappa shape index (κ3) is 4.44. The molecule has 132 valence electrons. The Bertz CT molecular complexity index is 934. The Morgan fingerprint density at radius 2 is 1.65 bits per heavy atom. The molecule has 1 aromatic carbocycles. The second kappa shape index (κ2) is 7.47. The van der Waals surface area contributed by atoms with Crippen LogP contribution in [-0.4, -0.2) is 22.0 Å². The third-order valence-electron chi connectivity index (χ3n) is 3.37. The van der Waals surface area contributed by atoms with Crippen LogP contribution in [0.4, 0.5) is 23.0 Å². The van der Waals surface area contributed by atoms with Gasteiger partial charge in [0.25, 0.3) is 5.91 Å². The second-order valence-electron chi connectivity index (χ2n) is 5.59. The van der Waals surface area contributed by atoms with Crippen LogP contribution in [0.2, 0.25) is 0 Å². The van der Waals surface area contributed by atoms with E-state index in [0.29, 0.717) is 34.3 Å². The molecule has 0 aliphatic carbocycles. The molecule has 2 aromatic heterocycles. The maximum atomic E-state index is 12.4. The minimum absolute atomic E-state index is 0.152. The van der Waals surface area contributed by atoms with Crippen LogP contribution < -0.4 is 16.0 Å². The van der Waals surface area contributed by atoms with Crippen molar-refractivity contribution in [2.75, 3.05) is 16.0 Å². The van der Waals surface area contributed by atoms with Crippen molar-refractivity contribution in [2.24, 2.45) is 0 Å². The minimum Gasteiger partial charge on any atom is -0.360 e. The summed E-state index contributed by atoms with van der Waals surface area (Å²) in [4.78, 5) is 27.6. The molecule has 0 bridgehead atoms. The van der Waals surface area contributed by atoms with Crippen molar-refractivity contribution in [1.82, 2.24) is 10.1 Å². The van der Waals surface area contributed by atoms with Gasteiger partial charge in [-0.05, 0) is 43.3 Å². The number of nitrogens with one attached hydrogen (secondary N) is 3. The molecular formula is C18H17N5O3. The molecule has 0 spiro atoms. The zero-order chi connectivity index (χ0) is 18.5. The summed E-state index contributed by atoms with van der Waals surface area (Å²) in [6.45, 7) is 3.22. The van der Waals surface area contributed by atoms with Gasteiger partial charge in [0.15, 0.2) is 5.82 Å². The van der Waals surface area contributed by atoms with Gasteiger partial charge in [0.2, 0.25) is 5.91 Å². The van der Waals surface area contributed by atoms with Gasteiger partial charge in [0.05, 0.1) is 0 Å². The Morgan fingerprint density at radius 1 is 0.962 bits per heavy atom. The van der Waals surface area contributed by atoms with Crippen molar-refractivity contribution in [3.63, 3.8) is 0 Å². The van der Waals surface area contributed by atoms with Crippen LogP contribution >= 0.6 is 0 Å². The quantitative estimate of drug-likeness (QED) is 0.650. The summed E-state index contributed by atoms with van der Waals surface area (Å²) in [6.07, 6.45) is 1.53. The van der Waals surface area contributed by atoms with E-state index < -0.39 is 0 Å². The molecule has 0 aliphatic heterocycles. The maximum absolute atomic E-state index is 12.4. The van der Waals surface area contributed by atoms with E-state index in [1.807, 2.05) is 0 Å². The number of aryl methyl sites for hydroxylation is 1. The van der Waals surface area contributed by atoms with Gasteiger partial charge in [-0.1, -0.05) is 5.16 Å². The molecule has 0 aliphatic rings. The van der Waals surface area contributed by atoms with Gasteiger partial charge in [0, 0.05) is 36.1 Å². The summed E-state index contributed by atoms with van der Waals surface area (Å²) in [7, 11) is 0. The molecular weight excluding hydrogens is 334 g/mol. The fourth-order valence-corrected chi connectivity index (χ4v) is 2.24. The number of carbonyl (C=O) groups is 2. The molecule has 8 nitrogen and oxygen atoms in total. The molecule has 0 saturated heterocycles. The number of rotatable bonds is 5. The van der Waals surface area contributed by atoms with E-state index in [0.717, 1.165) is 0 Å². The van der Waals surface area contributed by atoms with Crippen molar-refractivity contribution in [1.29, 1.82) is 0 Å². The van der Waals surface area contributed by atoms with Crippen LogP contribution in [0.1, 0.15) is 23.0 Å². The van der Waals surface area contributed by atoms with Crippen LogP contribution in [-0.2, 0) is 4.79 Å². The van der Waals surface area contributed by atoms with Crippen molar-refractivity contribution in [3.8, 4) is 0 Å². The smallest absolute Gasteiger partial charge is 0.255 e. The van der Waals surface area contributed by atoms with Gasteiger partial charge in [-0.25, -0.2) is 4.98 Å². The standard InChI is InChI=1S/C18H17N5O3/c1-11-9-17(23-26-11)22-16-10-13(7-8-19-16)18(25)21-15-5-3-14(4-6-15)20-12(2)24/h3-10H,1-2H3,(H,20,24)(H,21,25)(H,19,22,23). The van der Waals surface area contributed by atoms with Gasteiger partial charge < -0.3 is 20.5 Å². The summed E-state index contributed by atoms with van der Waals surface area (Å²) in [6, 6.07) is 11.8. The summed E-state index contributed by atoms with van der Waals surface area (Å²) in [5, 5.41) is 12.3. The van der Waals surface area contributed by atoms with E-state index in [4.69, 9.17) is 4.52 Å². The number of nitrogens with zero attached hydrogens (tertiary/aromatic N) is 2. The Labute approximate surface area is 149 Å². The van der Waals surface area contributed by atoms with Crippen molar-refractivity contribution in [3.05, 3.63) is 60.0 Å². The number of benzene rings is 1. The number of anilines is 4. The third-order valence-corrected chi connectivity index (χ3v) is 3.37. The number of carbonyl (C=O) groups excluding carboxylic acids is 2. The first-order chi connectivity index (χ1) is 12.5. The molecule has 2 amide bonds. The topological polar surface area (TPSA) is 109 Å². The SMILES string of the molecule is CC(=O)Nc1ccc(NC(=O)c2ccnc(Nc3cc(C)on3)c2)cc1. The van der Waals surface area contributed by atoms with Crippen LogP contribution in [0.15, 0.2) is 53.2 Å². The van der Waals surface area contributed by atoms with E-state index in [-0.39, 0.29) is 11.8 Å². The number of aromatic nitrogens is 2. The molecule has 2 heterocycles. The van der Waals surface area contributed by atoms with Crippen LogP contribution in [0, 0.1) is 6.92 Å². The first kappa shape index (κ1) is 17.2. The molecule has 0 atom stereocenters. The largest absolute Gasteiger partial charge is 0.360 e. The lowest BCUT2D eigenvalue weighted by Crippen LogP contribution is -2.12. The lowest BCUT2D eigenvalue weighted by molar-refractivity contribution is -0.114. The fraction of sp³-hybridized carbons (Fsp3) is 0.111. The van der Waals surface area contributed by atoms with Gasteiger partial charge in [-0.2, -0.15) is 0 Å². The van der Waals surface area contributed by atoms with Crippen molar-refractivity contribution < 1.29 is 14.1 Å². The molecule has 0 fully saturated rings. The lowest BCUT2D eigenvalue weighted by atomic mass is 10.2. The van der Waals surface area contributed by atoms with Gasteiger partial charge in [-0.3, -0.25) is 9.59 Å². The average molecular weight is 351 g/mol. The first-order valence-corrected chi connectivity index (χ1v) is 7.85. The summed E-state index contributed by atoms with van der Waals surface area (Å²) >= 11 is 0.